The van der Waals surface area contributed by atoms with Gasteiger partial charge in [-0.05, 0) is 23.8 Å². The number of benzene rings is 1. The third kappa shape index (κ3) is 3.51. The van der Waals surface area contributed by atoms with Crippen LogP contribution in [0.15, 0.2) is 67.4 Å². The van der Waals surface area contributed by atoms with E-state index in [4.69, 9.17) is 0 Å². The Balaban J connectivity index is 1.74. The summed E-state index contributed by atoms with van der Waals surface area (Å²) in [5.74, 6) is -2.51. The first kappa shape index (κ1) is 18.9. The van der Waals surface area contributed by atoms with Crippen LogP contribution in [0.3, 0.4) is 0 Å². The van der Waals surface area contributed by atoms with Gasteiger partial charge in [-0.25, -0.2) is 9.97 Å². The molecule has 2 amide bonds. The molecule has 3 heterocycles. The number of carbonyl (C=O) groups is 2. The first-order valence-corrected chi connectivity index (χ1v) is 8.75. The predicted octanol–water partition coefficient (Wildman–Crippen LogP) is 2.86. The van der Waals surface area contributed by atoms with Crippen LogP contribution in [0.4, 0.5) is 13.2 Å². The molecular formula is C20H15F3N4O2. The fraction of sp³-hybridized carbons (Fsp3) is 0.200. The largest absolute Gasteiger partial charge is 0.416 e. The van der Waals surface area contributed by atoms with Crippen molar-refractivity contribution in [1.29, 1.82) is 0 Å². The number of alkyl halides is 3. The van der Waals surface area contributed by atoms with Crippen molar-refractivity contribution in [1.82, 2.24) is 19.8 Å². The monoisotopic (exact) mass is 400 g/mol. The van der Waals surface area contributed by atoms with E-state index in [1.807, 2.05) is 0 Å². The summed E-state index contributed by atoms with van der Waals surface area (Å²) in [5.41, 5.74) is -0.263. The minimum absolute atomic E-state index is 0.00513. The Labute approximate surface area is 164 Å². The van der Waals surface area contributed by atoms with Gasteiger partial charge < -0.3 is 4.90 Å². The highest BCUT2D eigenvalue weighted by atomic mass is 19.4. The van der Waals surface area contributed by atoms with Crippen molar-refractivity contribution < 1.29 is 22.8 Å². The van der Waals surface area contributed by atoms with Gasteiger partial charge in [0.1, 0.15) is 18.4 Å². The summed E-state index contributed by atoms with van der Waals surface area (Å²) in [6, 6.07) is 4.33. The second-order valence-electron chi connectivity index (χ2n) is 6.65. The molecule has 0 aliphatic carbocycles. The van der Waals surface area contributed by atoms with Gasteiger partial charge in [-0.15, -0.1) is 0 Å². The lowest BCUT2D eigenvalue weighted by Crippen LogP contribution is -2.59. The predicted molar refractivity (Wildman–Crippen MR) is 95.7 cm³/mol. The van der Waals surface area contributed by atoms with E-state index in [-0.39, 0.29) is 12.1 Å². The van der Waals surface area contributed by atoms with Gasteiger partial charge in [0, 0.05) is 24.2 Å². The maximum Gasteiger partial charge on any atom is 0.416 e. The first-order valence-electron chi connectivity index (χ1n) is 8.75. The second-order valence-corrected chi connectivity index (χ2v) is 6.65. The van der Waals surface area contributed by atoms with Crippen molar-refractivity contribution in [3.05, 3.63) is 84.1 Å². The van der Waals surface area contributed by atoms with Crippen LogP contribution in [-0.2, 0) is 22.3 Å². The third-order valence-corrected chi connectivity index (χ3v) is 4.79. The molecule has 2 atom stereocenters. The summed E-state index contributed by atoms with van der Waals surface area (Å²) in [7, 11) is 0. The van der Waals surface area contributed by atoms with E-state index in [1.54, 1.807) is 30.6 Å². The van der Waals surface area contributed by atoms with Crippen molar-refractivity contribution >= 4 is 11.8 Å². The minimum atomic E-state index is -4.58. The second kappa shape index (κ2) is 7.16. The third-order valence-electron chi connectivity index (χ3n) is 4.79. The summed E-state index contributed by atoms with van der Waals surface area (Å²) in [6.07, 6.45) is 5.75. The summed E-state index contributed by atoms with van der Waals surface area (Å²) in [4.78, 5) is 36.9. The molecule has 29 heavy (non-hydrogen) atoms. The summed E-state index contributed by atoms with van der Waals surface area (Å²) < 4.78 is 39.4. The molecule has 2 aliphatic heterocycles. The number of aromatic nitrogens is 2. The average Bonchev–Trinajstić information content (AvgIpc) is 2.72. The number of nitrogens with zero attached hydrogens (tertiary/aromatic N) is 4. The smallest absolute Gasteiger partial charge is 0.313 e. The SMILES string of the molecule is O=C1C(c2cccc(C(F)(F)F)c2)C(=O)N(Cc2cncnc2)C2C=CC=CN12. The maximum absolute atomic E-state index is 13.3. The highest BCUT2D eigenvalue weighted by molar-refractivity contribution is 6.08. The van der Waals surface area contributed by atoms with Gasteiger partial charge >= 0.3 is 6.18 Å². The molecule has 0 spiro atoms. The average molecular weight is 400 g/mol. The van der Waals surface area contributed by atoms with Crippen LogP contribution in [0.25, 0.3) is 0 Å². The lowest BCUT2D eigenvalue weighted by Gasteiger charge is -2.44. The Morgan fingerprint density at radius 2 is 1.79 bits per heavy atom. The number of allylic oxidation sites excluding steroid dienone is 2. The molecule has 1 aromatic heterocycles. The molecular weight excluding hydrogens is 385 g/mol. The molecule has 1 aromatic carbocycles. The normalized spacial score (nSPS) is 21.5. The first-order chi connectivity index (χ1) is 13.9. The Bertz CT molecular complexity index is 1000. The number of carbonyl (C=O) groups excluding carboxylic acids is 2. The topological polar surface area (TPSA) is 66.4 Å². The van der Waals surface area contributed by atoms with E-state index in [2.05, 4.69) is 9.97 Å². The number of hydrogen-bond donors (Lipinski definition) is 0. The van der Waals surface area contributed by atoms with E-state index < -0.39 is 35.6 Å². The van der Waals surface area contributed by atoms with E-state index >= 15 is 0 Å². The van der Waals surface area contributed by atoms with Crippen LogP contribution in [0, 0.1) is 0 Å². The van der Waals surface area contributed by atoms with Crippen LogP contribution < -0.4 is 0 Å². The van der Waals surface area contributed by atoms with Crippen molar-refractivity contribution in [2.45, 2.75) is 24.8 Å². The van der Waals surface area contributed by atoms with E-state index in [0.717, 1.165) is 12.1 Å². The van der Waals surface area contributed by atoms with Crippen LogP contribution in [0.5, 0.6) is 0 Å². The van der Waals surface area contributed by atoms with Crippen LogP contribution in [-0.4, -0.2) is 37.7 Å². The van der Waals surface area contributed by atoms with Gasteiger partial charge in [0.05, 0.1) is 12.1 Å². The summed E-state index contributed by atoms with van der Waals surface area (Å²) >= 11 is 0. The van der Waals surface area contributed by atoms with Gasteiger partial charge in [-0.1, -0.05) is 24.3 Å². The Kier molecular flexibility index (Phi) is 4.65. The number of rotatable bonds is 3. The molecule has 2 aliphatic rings. The van der Waals surface area contributed by atoms with Crippen molar-refractivity contribution in [3.8, 4) is 0 Å². The molecule has 0 saturated carbocycles. The highest BCUT2D eigenvalue weighted by Crippen LogP contribution is 2.35. The zero-order valence-corrected chi connectivity index (χ0v) is 15.0. The lowest BCUT2D eigenvalue weighted by molar-refractivity contribution is -0.156. The number of fused-ring (bicyclic) bond motifs is 1. The zero-order valence-electron chi connectivity index (χ0n) is 15.0. The molecule has 0 radical (unpaired) electrons. The highest BCUT2D eigenvalue weighted by Gasteiger charge is 2.46. The standard InChI is InChI=1S/C20H15F3N4O2/c21-20(22,23)15-5-3-4-14(8-15)17-18(28)26-7-2-1-6-16(26)27(19(17)29)11-13-9-24-12-25-10-13/h1-10,12,16-17H,11H2. The number of hydrogen-bond acceptors (Lipinski definition) is 4. The van der Waals surface area contributed by atoms with E-state index in [9.17, 15) is 22.8 Å². The summed E-state index contributed by atoms with van der Waals surface area (Å²) in [6.45, 7) is 0.113. The van der Waals surface area contributed by atoms with Crippen molar-refractivity contribution in [2.75, 3.05) is 0 Å². The van der Waals surface area contributed by atoms with Gasteiger partial charge in [0.2, 0.25) is 11.8 Å². The Hall–Kier alpha value is -3.49. The molecule has 4 rings (SSSR count). The molecule has 0 N–H and O–H groups in total. The van der Waals surface area contributed by atoms with Gasteiger partial charge in [-0.2, -0.15) is 13.2 Å². The van der Waals surface area contributed by atoms with E-state index in [1.165, 1.54) is 34.5 Å². The summed E-state index contributed by atoms with van der Waals surface area (Å²) in [5, 5.41) is 0. The zero-order chi connectivity index (χ0) is 20.6. The number of halogens is 3. The molecule has 9 heteroatoms. The molecule has 1 saturated heterocycles. The quantitative estimate of drug-likeness (QED) is 0.744. The van der Waals surface area contributed by atoms with Gasteiger partial charge in [0.25, 0.3) is 0 Å². The number of amides is 2. The van der Waals surface area contributed by atoms with Crippen molar-refractivity contribution in [3.63, 3.8) is 0 Å². The Morgan fingerprint density at radius 1 is 1.03 bits per heavy atom. The van der Waals surface area contributed by atoms with Gasteiger partial charge in [-0.3, -0.25) is 14.5 Å². The lowest BCUT2D eigenvalue weighted by atomic mass is 9.91. The molecule has 2 unspecified atom stereocenters. The molecule has 2 aromatic rings. The van der Waals surface area contributed by atoms with Crippen LogP contribution in [0.1, 0.15) is 22.6 Å². The molecule has 6 nitrogen and oxygen atoms in total. The molecule has 148 valence electrons. The molecule has 0 bridgehead atoms. The van der Waals surface area contributed by atoms with Crippen LogP contribution >= 0.6 is 0 Å². The fourth-order valence-corrected chi connectivity index (χ4v) is 3.46. The fourth-order valence-electron chi connectivity index (χ4n) is 3.46. The Morgan fingerprint density at radius 3 is 2.52 bits per heavy atom. The minimum Gasteiger partial charge on any atom is -0.313 e. The van der Waals surface area contributed by atoms with Gasteiger partial charge in [0.15, 0.2) is 0 Å². The van der Waals surface area contributed by atoms with E-state index in [0.29, 0.717) is 5.56 Å². The molecule has 1 fully saturated rings. The maximum atomic E-state index is 13.3. The van der Waals surface area contributed by atoms with Crippen molar-refractivity contribution in [2.24, 2.45) is 0 Å². The van der Waals surface area contributed by atoms with Crippen LogP contribution in [0.2, 0.25) is 0 Å².